The standard InChI is InChI=1S/C16H21BrN2O2/c1-10(2)14-16(21-4)18-13(15(19-14)20-3)9-11-7-5-6-8-12(11)17/h5-8,10,13-14H,9H2,1-4H3/t13-,14+/m0/s1. The van der Waals surface area contributed by atoms with E-state index >= 15 is 0 Å². The molecule has 1 aromatic carbocycles. The SMILES string of the molecule is COC1=N[C@H](C(C)C)C(OC)=N[C@H]1Cc1ccccc1Br. The quantitative estimate of drug-likeness (QED) is 0.835. The molecule has 5 heteroatoms. The van der Waals surface area contributed by atoms with Crippen molar-refractivity contribution < 1.29 is 9.47 Å². The van der Waals surface area contributed by atoms with Crippen LogP contribution < -0.4 is 0 Å². The van der Waals surface area contributed by atoms with Crippen LogP contribution in [0.25, 0.3) is 0 Å². The summed E-state index contributed by atoms with van der Waals surface area (Å²) in [6, 6.07) is 7.91. The molecule has 0 spiro atoms. The molecule has 2 atom stereocenters. The molecule has 1 aromatic rings. The fraction of sp³-hybridized carbons (Fsp3) is 0.500. The van der Waals surface area contributed by atoms with Gasteiger partial charge < -0.3 is 9.47 Å². The average molecular weight is 353 g/mol. The van der Waals surface area contributed by atoms with Gasteiger partial charge in [0.25, 0.3) is 0 Å². The summed E-state index contributed by atoms with van der Waals surface area (Å²) in [7, 11) is 3.30. The molecule has 114 valence electrons. The van der Waals surface area contributed by atoms with Crippen LogP contribution in [0.5, 0.6) is 0 Å². The molecule has 0 aliphatic carbocycles. The Kier molecular flexibility index (Phi) is 5.39. The van der Waals surface area contributed by atoms with E-state index in [9.17, 15) is 0 Å². The van der Waals surface area contributed by atoms with Crippen LogP contribution in [0.1, 0.15) is 19.4 Å². The molecule has 0 unspecified atom stereocenters. The predicted molar refractivity (Wildman–Crippen MR) is 89.1 cm³/mol. The molecular weight excluding hydrogens is 332 g/mol. The molecule has 0 amide bonds. The highest BCUT2D eigenvalue weighted by Crippen LogP contribution is 2.23. The van der Waals surface area contributed by atoms with Crippen molar-refractivity contribution in [3.05, 3.63) is 34.3 Å². The second-order valence-corrected chi connectivity index (χ2v) is 6.20. The summed E-state index contributed by atoms with van der Waals surface area (Å²) in [6.07, 6.45) is 0.728. The van der Waals surface area contributed by atoms with Gasteiger partial charge in [-0.1, -0.05) is 48.0 Å². The number of aliphatic imine (C=N–C) groups is 2. The van der Waals surface area contributed by atoms with Crippen LogP contribution in [0.3, 0.4) is 0 Å². The summed E-state index contributed by atoms with van der Waals surface area (Å²) >= 11 is 3.57. The minimum Gasteiger partial charge on any atom is -0.483 e. The highest BCUT2D eigenvalue weighted by molar-refractivity contribution is 9.10. The van der Waals surface area contributed by atoms with E-state index in [0.29, 0.717) is 17.7 Å². The molecule has 21 heavy (non-hydrogen) atoms. The first-order chi connectivity index (χ1) is 10.1. The zero-order valence-electron chi connectivity index (χ0n) is 12.8. The first kappa shape index (κ1) is 16.0. The van der Waals surface area contributed by atoms with E-state index in [4.69, 9.17) is 14.5 Å². The maximum absolute atomic E-state index is 5.46. The van der Waals surface area contributed by atoms with Gasteiger partial charge >= 0.3 is 0 Å². The van der Waals surface area contributed by atoms with E-state index in [1.807, 2.05) is 18.2 Å². The number of ether oxygens (including phenoxy) is 2. The third-order valence-electron chi connectivity index (χ3n) is 3.51. The second kappa shape index (κ2) is 7.07. The molecule has 0 aromatic heterocycles. The van der Waals surface area contributed by atoms with Crippen LogP contribution in [-0.2, 0) is 15.9 Å². The van der Waals surface area contributed by atoms with Crippen LogP contribution in [0.2, 0.25) is 0 Å². The highest BCUT2D eigenvalue weighted by atomic mass is 79.9. The van der Waals surface area contributed by atoms with E-state index < -0.39 is 0 Å². The molecule has 0 N–H and O–H groups in total. The number of nitrogens with zero attached hydrogens (tertiary/aromatic N) is 2. The first-order valence-electron chi connectivity index (χ1n) is 7.03. The Morgan fingerprint density at radius 2 is 1.76 bits per heavy atom. The number of hydrogen-bond acceptors (Lipinski definition) is 4. The van der Waals surface area contributed by atoms with Crippen molar-refractivity contribution in [1.29, 1.82) is 0 Å². The summed E-state index contributed by atoms with van der Waals surface area (Å²) in [5.41, 5.74) is 1.18. The minimum atomic E-state index is -0.140. The van der Waals surface area contributed by atoms with Crippen LogP contribution in [-0.4, -0.2) is 38.1 Å². The number of benzene rings is 1. The van der Waals surface area contributed by atoms with Gasteiger partial charge in [-0.25, -0.2) is 9.98 Å². The van der Waals surface area contributed by atoms with Gasteiger partial charge in [0.05, 0.1) is 14.2 Å². The molecule has 0 saturated carbocycles. The summed E-state index contributed by atoms with van der Waals surface area (Å²) in [5, 5.41) is 0. The van der Waals surface area contributed by atoms with Gasteiger partial charge in [-0.3, -0.25) is 0 Å². The Labute approximate surface area is 134 Å². The molecule has 1 heterocycles. The van der Waals surface area contributed by atoms with Crippen LogP contribution in [0, 0.1) is 5.92 Å². The molecule has 0 radical (unpaired) electrons. The third-order valence-corrected chi connectivity index (χ3v) is 4.28. The van der Waals surface area contributed by atoms with Crippen molar-refractivity contribution in [2.45, 2.75) is 32.4 Å². The largest absolute Gasteiger partial charge is 0.483 e. The zero-order valence-corrected chi connectivity index (χ0v) is 14.4. The lowest BCUT2D eigenvalue weighted by Gasteiger charge is -2.27. The molecular formula is C16H21BrN2O2. The maximum atomic E-state index is 5.46. The number of hydrogen-bond donors (Lipinski definition) is 0. The molecule has 1 aliphatic heterocycles. The predicted octanol–water partition coefficient (Wildman–Crippen LogP) is 3.49. The van der Waals surface area contributed by atoms with Crippen molar-refractivity contribution >= 4 is 27.7 Å². The van der Waals surface area contributed by atoms with Gasteiger partial charge in [0, 0.05) is 10.9 Å². The topological polar surface area (TPSA) is 43.2 Å². The fourth-order valence-electron chi connectivity index (χ4n) is 2.37. The van der Waals surface area contributed by atoms with Crippen molar-refractivity contribution in [2.24, 2.45) is 15.9 Å². The Bertz CT molecular complexity index is 555. The number of halogens is 1. The molecule has 0 fully saturated rings. The van der Waals surface area contributed by atoms with Gasteiger partial charge in [-0.05, 0) is 17.5 Å². The van der Waals surface area contributed by atoms with Gasteiger partial charge in [-0.15, -0.1) is 0 Å². The monoisotopic (exact) mass is 352 g/mol. The van der Waals surface area contributed by atoms with Gasteiger partial charge in [0.2, 0.25) is 11.8 Å². The van der Waals surface area contributed by atoms with Crippen molar-refractivity contribution in [2.75, 3.05) is 14.2 Å². The molecule has 0 bridgehead atoms. The molecule has 2 rings (SSSR count). The van der Waals surface area contributed by atoms with E-state index in [1.54, 1.807) is 14.2 Å². The Morgan fingerprint density at radius 1 is 1.10 bits per heavy atom. The van der Waals surface area contributed by atoms with Crippen LogP contribution in [0.4, 0.5) is 0 Å². The fourth-order valence-corrected chi connectivity index (χ4v) is 2.81. The van der Waals surface area contributed by atoms with E-state index in [-0.39, 0.29) is 12.1 Å². The second-order valence-electron chi connectivity index (χ2n) is 5.34. The van der Waals surface area contributed by atoms with Gasteiger partial charge in [0.15, 0.2) is 0 Å². The molecule has 4 nitrogen and oxygen atoms in total. The van der Waals surface area contributed by atoms with Crippen LogP contribution in [0.15, 0.2) is 38.7 Å². The maximum Gasteiger partial charge on any atom is 0.209 e. The van der Waals surface area contributed by atoms with E-state index in [1.165, 1.54) is 5.56 Å². The Morgan fingerprint density at radius 3 is 2.33 bits per heavy atom. The van der Waals surface area contributed by atoms with Crippen molar-refractivity contribution in [3.63, 3.8) is 0 Å². The lowest BCUT2D eigenvalue weighted by atomic mass is 10.0. The summed E-state index contributed by atoms with van der Waals surface area (Å²) in [6.45, 7) is 4.20. The summed E-state index contributed by atoms with van der Waals surface area (Å²) in [4.78, 5) is 9.39. The van der Waals surface area contributed by atoms with E-state index in [0.717, 1.165) is 10.9 Å². The van der Waals surface area contributed by atoms with Gasteiger partial charge in [0.1, 0.15) is 12.1 Å². The zero-order chi connectivity index (χ0) is 15.4. The van der Waals surface area contributed by atoms with Crippen LogP contribution >= 0.6 is 15.9 Å². The normalized spacial score (nSPS) is 21.8. The Hall–Kier alpha value is -1.36. The third kappa shape index (κ3) is 3.64. The minimum absolute atomic E-state index is 0.0691. The number of rotatable bonds is 3. The summed E-state index contributed by atoms with van der Waals surface area (Å²) in [5.74, 6) is 1.67. The smallest absolute Gasteiger partial charge is 0.209 e. The Balaban J connectivity index is 2.28. The highest BCUT2D eigenvalue weighted by Gasteiger charge is 2.31. The molecule has 1 aliphatic rings. The van der Waals surface area contributed by atoms with Crippen molar-refractivity contribution in [1.82, 2.24) is 0 Å². The molecule has 0 saturated heterocycles. The van der Waals surface area contributed by atoms with Gasteiger partial charge in [-0.2, -0.15) is 0 Å². The van der Waals surface area contributed by atoms with E-state index in [2.05, 4.69) is 40.8 Å². The number of methoxy groups -OCH3 is 2. The van der Waals surface area contributed by atoms with Crippen molar-refractivity contribution in [3.8, 4) is 0 Å². The summed E-state index contributed by atoms with van der Waals surface area (Å²) < 4.78 is 12.0. The lowest BCUT2D eigenvalue weighted by molar-refractivity contribution is 0.332. The average Bonchev–Trinajstić information content (AvgIpc) is 2.48. The lowest BCUT2D eigenvalue weighted by Crippen LogP contribution is -2.38. The first-order valence-corrected chi connectivity index (χ1v) is 7.82.